The number of nitriles is 1. The van der Waals surface area contributed by atoms with E-state index in [-0.39, 0.29) is 0 Å². The van der Waals surface area contributed by atoms with Crippen LogP contribution in [0.3, 0.4) is 0 Å². The second-order valence-electron chi connectivity index (χ2n) is 6.36. The Labute approximate surface area is 159 Å². The quantitative estimate of drug-likeness (QED) is 0.488. The summed E-state index contributed by atoms with van der Waals surface area (Å²) < 4.78 is 1.79. The summed E-state index contributed by atoms with van der Waals surface area (Å²) in [7, 11) is 0. The van der Waals surface area contributed by atoms with E-state index in [9.17, 15) is 0 Å². The van der Waals surface area contributed by atoms with Gasteiger partial charge in [0.1, 0.15) is 17.3 Å². The Morgan fingerprint density at radius 1 is 0.964 bits per heavy atom. The number of hydrogen-bond acceptors (Lipinski definition) is 6. The summed E-state index contributed by atoms with van der Waals surface area (Å²) in [5.74, 6) is 0. The third kappa shape index (κ3) is 2.83. The third-order valence-corrected chi connectivity index (χ3v) is 4.53. The Balaban J connectivity index is 1.52. The minimum Gasteiger partial charge on any atom is -0.256 e. The van der Waals surface area contributed by atoms with Gasteiger partial charge in [0, 0.05) is 23.3 Å². The smallest absolute Gasteiger partial charge is 0.179 e. The van der Waals surface area contributed by atoms with Crippen molar-refractivity contribution in [2.24, 2.45) is 0 Å². The SMILES string of the molecule is N#Cc1ccc(-c2ccc3nnn(Cc4ccc5ncccc5c4)c3n2)cn1. The average molecular weight is 363 g/mol. The highest BCUT2D eigenvalue weighted by Gasteiger charge is 2.10. The number of benzene rings is 1. The fourth-order valence-electron chi connectivity index (χ4n) is 3.13. The Morgan fingerprint density at radius 3 is 2.75 bits per heavy atom. The molecule has 0 spiro atoms. The maximum atomic E-state index is 8.90. The maximum absolute atomic E-state index is 8.90. The van der Waals surface area contributed by atoms with E-state index >= 15 is 0 Å². The molecule has 0 radical (unpaired) electrons. The molecule has 132 valence electrons. The lowest BCUT2D eigenvalue weighted by molar-refractivity contribution is 0.665. The van der Waals surface area contributed by atoms with Gasteiger partial charge in [-0.3, -0.25) is 4.98 Å². The summed E-state index contributed by atoms with van der Waals surface area (Å²) >= 11 is 0. The summed E-state index contributed by atoms with van der Waals surface area (Å²) in [6.45, 7) is 0.559. The van der Waals surface area contributed by atoms with Gasteiger partial charge in [0.15, 0.2) is 5.65 Å². The first-order valence-electron chi connectivity index (χ1n) is 8.70. The van der Waals surface area contributed by atoms with Gasteiger partial charge in [0.25, 0.3) is 0 Å². The zero-order chi connectivity index (χ0) is 18.9. The van der Waals surface area contributed by atoms with Gasteiger partial charge < -0.3 is 0 Å². The Morgan fingerprint density at radius 2 is 1.89 bits per heavy atom. The number of nitrogens with zero attached hydrogens (tertiary/aromatic N) is 7. The molecule has 4 aromatic heterocycles. The second-order valence-corrected chi connectivity index (χ2v) is 6.36. The van der Waals surface area contributed by atoms with Crippen LogP contribution in [0.15, 0.2) is 67.0 Å². The molecule has 7 nitrogen and oxygen atoms in total. The van der Waals surface area contributed by atoms with Crippen molar-refractivity contribution in [1.29, 1.82) is 5.26 Å². The fourth-order valence-corrected chi connectivity index (χ4v) is 3.13. The molecule has 5 aromatic rings. The molecule has 0 N–H and O–H groups in total. The highest BCUT2D eigenvalue weighted by molar-refractivity contribution is 5.79. The van der Waals surface area contributed by atoms with Gasteiger partial charge in [-0.25, -0.2) is 14.6 Å². The van der Waals surface area contributed by atoms with Crippen molar-refractivity contribution in [3.05, 3.63) is 78.2 Å². The molecule has 0 saturated carbocycles. The van der Waals surface area contributed by atoms with Crippen LogP contribution in [0.1, 0.15) is 11.3 Å². The van der Waals surface area contributed by atoms with E-state index in [0.717, 1.165) is 33.2 Å². The molecular weight excluding hydrogens is 350 g/mol. The fraction of sp³-hybridized carbons (Fsp3) is 0.0476. The predicted octanol–water partition coefficient (Wildman–Crippen LogP) is 3.36. The molecule has 0 unspecified atom stereocenters. The maximum Gasteiger partial charge on any atom is 0.179 e. The molecule has 0 aliphatic heterocycles. The van der Waals surface area contributed by atoms with E-state index in [0.29, 0.717) is 17.9 Å². The summed E-state index contributed by atoms with van der Waals surface area (Å²) in [5, 5.41) is 18.5. The number of pyridine rings is 3. The predicted molar refractivity (Wildman–Crippen MR) is 104 cm³/mol. The van der Waals surface area contributed by atoms with E-state index in [1.807, 2.05) is 48.5 Å². The van der Waals surface area contributed by atoms with Gasteiger partial charge in [-0.1, -0.05) is 17.3 Å². The van der Waals surface area contributed by atoms with E-state index in [2.05, 4.69) is 26.3 Å². The first kappa shape index (κ1) is 16.0. The van der Waals surface area contributed by atoms with Gasteiger partial charge in [0.2, 0.25) is 0 Å². The molecular formula is C21H13N7. The molecule has 0 atom stereocenters. The van der Waals surface area contributed by atoms with Crippen molar-refractivity contribution < 1.29 is 0 Å². The molecule has 0 bridgehead atoms. The number of fused-ring (bicyclic) bond motifs is 2. The zero-order valence-electron chi connectivity index (χ0n) is 14.7. The molecule has 0 aliphatic carbocycles. The number of rotatable bonds is 3. The average Bonchev–Trinajstić information content (AvgIpc) is 3.16. The first-order valence-corrected chi connectivity index (χ1v) is 8.70. The molecule has 0 fully saturated rings. The zero-order valence-corrected chi connectivity index (χ0v) is 14.7. The van der Waals surface area contributed by atoms with Gasteiger partial charge >= 0.3 is 0 Å². The summed E-state index contributed by atoms with van der Waals surface area (Å²) in [6, 6.07) is 19.4. The van der Waals surface area contributed by atoms with Crippen LogP contribution in [0, 0.1) is 11.3 Å². The third-order valence-electron chi connectivity index (χ3n) is 4.53. The minimum atomic E-state index is 0.377. The van der Waals surface area contributed by atoms with Crippen molar-refractivity contribution in [1.82, 2.24) is 29.9 Å². The summed E-state index contributed by atoms with van der Waals surface area (Å²) in [5.41, 5.74) is 5.47. The summed E-state index contributed by atoms with van der Waals surface area (Å²) in [6.07, 6.45) is 3.44. The second kappa shape index (κ2) is 6.52. The molecule has 5 rings (SSSR count). The van der Waals surface area contributed by atoms with Crippen LogP contribution in [0.5, 0.6) is 0 Å². The van der Waals surface area contributed by atoms with Crippen LogP contribution in [-0.2, 0) is 6.54 Å². The Hall–Kier alpha value is -4.18. The molecule has 0 saturated heterocycles. The van der Waals surface area contributed by atoms with Crippen molar-refractivity contribution >= 4 is 22.1 Å². The monoisotopic (exact) mass is 363 g/mol. The highest BCUT2D eigenvalue weighted by Crippen LogP contribution is 2.21. The molecule has 7 heteroatoms. The normalized spacial score (nSPS) is 11.0. The lowest BCUT2D eigenvalue weighted by Gasteiger charge is -2.05. The Bertz CT molecular complexity index is 1350. The number of hydrogen-bond donors (Lipinski definition) is 0. The van der Waals surface area contributed by atoms with E-state index in [4.69, 9.17) is 10.2 Å². The van der Waals surface area contributed by atoms with Gasteiger partial charge in [-0.15, -0.1) is 5.10 Å². The van der Waals surface area contributed by atoms with Crippen molar-refractivity contribution in [2.45, 2.75) is 6.54 Å². The van der Waals surface area contributed by atoms with Crippen LogP contribution in [0.4, 0.5) is 0 Å². The number of aromatic nitrogens is 6. The Kier molecular flexibility index (Phi) is 3.73. The molecule has 0 amide bonds. The van der Waals surface area contributed by atoms with Crippen LogP contribution in [0.2, 0.25) is 0 Å². The molecule has 1 aromatic carbocycles. The molecule has 4 heterocycles. The first-order chi connectivity index (χ1) is 13.8. The van der Waals surface area contributed by atoms with Gasteiger partial charge in [0.05, 0.1) is 17.8 Å². The van der Waals surface area contributed by atoms with Crippen LogP contribution in [0.25, 0.3) is 33.3 Å². The summed E-state index contributed by atoms with van der Waals surface area (Å²) in [4.78, 5) is 13.2. The van der Waals surface area contributed by atoms with Crippen molar-refractivity contribution in [3.63, 3.8) is 0 Å². The van der Waals surface area contributed by atoms with Gasteiger partial charge in [-0.2, -0.15) is 5.26 Å². The lowest BCUT2D eigenvalue weighted by atomic mass is 10.1. The van der Waals surface area contributed by atoms with E-state index < -0.39 is 0 Å². The van der Waals surface area contributed by atoms with Crippen LogP contribution < -0.4 is 0 Å². The van der Waals surface area contributed by atoms with E-state index in [1.54, 1.807) is 23.1 Å². The van der Waals surface area contributed by atoms with Crippen LogP contribution in [-0.4, -0.2) is 29.9 Å². The van der Waals surface area contributed by atoms with E-state index in [1.165, 1.54) is 0 Å². The van der Waals surface area contributed by atoms with Gasteiger partial charge in [-0.05, 0) is 48.0 Å². The van der Waals surface area contributed by atoms with Crippen molar-refractivity contribution in [3.8, 4) is 17.3 Å². The van der Waals surface area contributed by atoms with Crippen molar-refractivity contribution in [2.75, 3.05) is 0 Å². The standard InChI is InChI=1S/C21H13N7/c22-11-17-5-4-16(12-24-17)19-7-8-20-21(25-19)28(27-26-20)13-14-3-6-18-15(10-14)2-1-9-23-18/h1-10,12H,13H2. The topological polar surface area (TPSA) is 93.2 Å². The van der Waals surface area contributed by atoms with Crippen LogP contribution >= 0.6 is 0 Å². The minimum absolute atomic E-state index is 0.377. The largest absolute Gasteiger partial charge is 0.256 e. The molecule has 28 heavy (non-hydrogen) atoms. The molecule has 0 aliphatic rings. The lowest BCUT2D eigenvalue weighted by Crippen LogP contribution is -2.03. The highest BCUT2D eigenvalue weighted by atomic mass is 15.4.